The van der Waals surface area contributed by atoms with Gasteiger partial charge in [-0.05, 0) is 67.8 Å². The van der Waals surface area contributed by atoms with Gasteiger partial charge in [-0.2, -0.15) is 0 Å². The molecule has 4 nitrogen and oxygen atoms in total. The van der Waals surface area contributed by atoms with E-state index in [1.54, 1.807) is 11.3 Å². The standard InChI is InChI=1S/C21H26N2O2S/c24-21(23-10-8-18(9-11-23)22-14-16-6-7-16)17-3-1-4-19(13-17)25-15-20-5-2-12-26-20/h1-5,12-13,16,18,22H,6-11,14-15H2. The Morgan fingerprint density at radius 1 is 1.15 bits per heavy atom. The van der Waals surface area contributed by atoms with E-state index in [1.807, 2.05) is 40.6 Å². The van der Waals surface area contributed by atoms with Crippen molar-refractivity contribution >= 4 is 17.2 Å². The van der Waals surface area contributed by atoms with E-state index in [4.69, 9.17) is 4.74 Å². The van der Waals surface area contributed by atoms with Crippen LogP contribution in [0.1, 0.15) is 40.9 Å². The molecular formula is C21H26N2O2S. The Labute approximate surface area is 159 Å². The molecule has 0 bridgehead atoms. The highest BCUT2D eigenvalue weighted by Crippen LogP contribution is 2.28. The molecule has 2 aromatic rings. The summed E-state index contributed by atoms with van der Waals surface area (Å²) in [4.78, 5) is 16.0. The number of likely N-dealkylation sites (tertiary alicyclic amines) is 1. The fraction of sp³-hybridized carbons (Fsp3) is 0.476. The molecule has 0 radical (unpaired) electrons. The summed E-state index contributed by atoms with van der Waals surface area (Å²) in [6.07, 6.45) is 4.87. The van der Waals surface area contributed by atoms with Crippen molar-refractivity contribution in [3.63, 3.8) is 0 Å². The Hall–Kier alpha value is -1.85. The SMILES string of the molecule is O=C(c1cccc(OCc2cccs2)c1)N1CCC(NCC2CC2)CC1. The summed E-state index contributed by atoms with van der Waals surface area (Å²) in [5.74, 6) is 1.78. The van der Waals surface area contributed by atoms with E-state index in [9.17, 15) is 4.79 Å². The number of rotatable bonds is 7. The fourth-order valence-corrected chi connectivity index (χ4v) is 4.01. The molecule has 0 atom stereocenters. The molecule has 1 aromatic carbocycles. The van der Waals surface area contributed by atoms with Gasteiger partial charge in [0, 0.05) is 29.6 Å². The van der Waals surface area contributed by atoms with Gasteiger partial charge in [0.1, 0.15) is 12.4 Å². The van der Waals surface area contributed by atoms with Gasteiger partial charge in [-0.15, -0.1) is 11.3 Å². The van der Waals surface area contributed by atoms with Gasteiger partial charge >= 0.3 is 0 Å². The van der Waals surface area contributed by atoms with Crippen LogP contribution in [0.2, 0.25) is 0 Å². The number of carbonyl (C=O) groups is 1. The summed E-state index contributed by atoms with van der Waals surface area (Å²) in [5.41, 5.74) is 0.720. The summed E-state index contributed by atoms with van der Waals surface area (Å²) >= 11 is 1.68. The Kier molecular flexibility index (Phi) is 5.56. The van der Waals surface area contributed by atoms with Crippen LogP contribution in [0.3, 0.4) is 0 Å². The van der Waals surface area contributed by atoms with E-state index < -0.39 is 0 Å². The minimum atomic E-state index is 0.118. The van der Waals surface area contributed by atoms with Gasteiger partial charge in [-0.1, -0.05) is 12.1 Å². The number of benzene rings is 1. The van der Waals surface area contributed by atoms with Crippen molar-refractivity contribution in [1.29, 1.82) is 0 Å². The Bertz CT molecular complexity index is 719. The van der Waals surface area contributed by atoms with Crippen molar-refractivity contribution in [2.45, 2.75) is 38.3 Å². The quantitative estimate of drug-likeness (QED) is 0.803. The highest BCUT2D eigenvalue weighted by atomic mass is 32.1. The number of ether oxygens (including phenoxy) is 1. The lowest BCUT2D eigenvalue weighted by molar-refractivity contribution is 0.0704. The van der Waals surface area contributed by atoms with Crippen LogP contribution in [0.15, 0.2) is 41.8 Å². The van der Waals surface area contributed by atoms with Crippen molar-refractivity contribution in [3.05, 3.63) is 52.2 Å². The molecule has 0 unspecified atom stereocenters. The van der Waals surface area contributed by atoms with Gasteiger partial charge in [0.2, 0.25) is 0 Å². The largest absolute Gasteiger partial charge is 0.488 e. The zero-order chi connectivity index (χ0) is 17.8. The number of amides is 1. The van der Waals surface area contributed by atoms with Crippen LogP contribution < -0.4 is 10.1 Å². The van der Waals surface area contributed by atoms with Crippen LogP contribution in [0.25, 0.3) is 0 Å². The number of nitrogens with zero attached hydrogens (tertiary/aromatic N) is 1. The molecule has 1 N–H and O–H groups in total. The van der Waals surface area contributed by atoms with E-state index >= 15 is 0 Å². The van der Waals surface area contributed by atoms with Crippen LogP contribution in [0, 0.1) is 5.92 Å². The van der Waals surface area contributed by atoms with Crippen molar-refractivity contribution in [1.82, 2.24) is 10.2 Å². The molecule has 138 valence electrons. The summed E-state index contributed by atoms with van der Waals surface area (Å²) in [6.45, 7) is 3.37. The molecule has 0 spiro atoms. The van der Waals surface area contributed by atoms with Crippen LogP contribution in [0.4, 0.5) is 0 Å². The third kappa shape index (κ3) is 4.65. The van der Waals surface area contributed by atoms with Gasteiger partial charge < -0.3 is 15.0 Å². The number of thiophene rings is 1. The van der Waals surface area contributed by atoms with Gasteiger partial charge in [0.05, 0.1) is 0 Å². The lowest BCUT2D eigenvalue weighted by atomic mass is 10.0. The maximum absolute atomic E-state index is 12.8. The lowest BCUT2D eigenvalue weighted by Crippen LogP contribution is -2.45. The second-order valence-electron chi connectivity index (χ2n) is 7.31. The zero-order valence-corrected chi connectivity index (χ0v) is 15.8. The second kappa shape index (κ2) is 8.23. The van der Waals surface area contributed by atoms with Gasteiger partial charge in [-0.3, -0.25) is 4.79 Å². The second-order valence-corrected chi connectivity index (χ2v) is 8.35. The number of hydrogen-bond acceptors (Lipinski definition) is 4. The predicted molar refractivity (Wildman–Crippen MR) is 105 cm³/mol. The molecule has 1 aliphatic carbocycles. The normalized spacial score (nSPS) is 18.1. The zero-order valence-electron chi connectivity index (χ0n) is 15.0. The van der Waals surface area contributed by atoms with Crippen LogP contribution >= 0.6 is 11.3 Å². The summed E-state index contributed by atoms with van der Waals surface area (Å²) in [7, 11) is 0. The molecular weight excluding hydrogens is 344 g/mol. The van der Waals surface area contributed by atoms with Crippen molar-refractivity contribution < 1.29 is 9.53 Å². The van der Waals surface area contributed by atoms with E-state index in [-0.39, 0.29) is 5.91 Å². The van der Waals surface area contributed by atoms with Gasteiger partial charge in [-0.25, -0.2) is 0 Å². The first-order valence-corrected chi connectivity index (χ1v) is 10.4. The molecule has 26 heavy (non-hydrogen) atoms. The van der Waals surface area contributed by atoms with Crippen LogP contribution in [0.5, 0.6) is 5.75 Å². The molecule has 1 saturated carbocycles. The van der Waals surface area contributed by atoms with Gasteiger partial charge in [0.15, 0.2) is 0 Å². The van der Waals surface area contributed by atoms with Crippen molar-refractivity contribution in [2.75, 3.05) is 19.6 Å². The Morgan fingerprint density at radius 3 is 2.73 bits per heavy atom. The van der Waals surface area contributed by atoms with E-state index in [2.05, 4.69) is 11.4 Å². The van der Waals surface area contributed by atoms with Crippen molar-refractivity contribution in [3.8, 4) is 5.75 Å². The van der Waals surface area contributed by atoms with E-state index in [1.165, 1.54) is 17.7 Å². The first-order valence-electron chi connectivity index (χ1n) is 9.56. The smallest absolute Gasteiger partial charge is 0.253 e. The molecule has 1 saturated heterocycles. The maximum atomic E-state index is 12.8. The molecule has 2 fully saturated rings. The van der Waals surface area contributed by atoms with Crippen LogP contribution in [-0.2, 0) is 6.61 Å². The van der Waals surface area contributed by atoms with Gasteiger partial charge in [0.25, 0.3) is 5.91 Å². The monoisotopic (exact) mass is 370 g/mol. The first kappa shape index (κ1) is 17.6. The minimum Gasteiger partial charge on any atom is -0.488 e. The lowest BCUT2D eigenvalue weighted by Gasteiger charge is -2.32. The molecule has 5 heteroatoms. The summed E-state index contributed by atoms with van der Waals surface area (Å²) in [5, 5.41) is 5.71. The van der Waals surface area contributed by atoms with E-state index in [0.29, 0.717) is 12.6 Å². The number of nitrogens with one attached hydrogen (secondary N) is 1. The highest BCUT2D eigenvalue weighted by molar-refractivity contribution is 7.09. The molecule has 2 aliphatic rings. The van der Waals surface area contributed by atoms with Crippen molar-refractivity contribution in [2.24, 2.45) is 5.92 Å². The molecule has 1 aromatic heterocycles. The molecule has 1 aliphatic heterocycles. The number of hydrogen-bond donors (Lipinski definition) is 1. The third-order valence-electron chi connectivity index (χ3n) is 5.22. The predicted octanol–water partition coefficient (Wildman–Crippen LogP) is 3.93. The fourth-order valence-electron chi connectivity index (χ4n) is 3.39. The van der Waals surface area contributed by atoms with Crippen LogP contribution in [-0.4, -0.2) is 36.5 Å². The third-order valence-corrected chi connectivity index (χ3v) is 6.07. The molecule has 4 rings (SSSR count). The average molecular weight is 371 g/mol. The minimum absolute atomic E-state index is 0.118. The topological polar surface area (TPSA) is 41.6 Å². The summed E-state index contributed by atoms with van der Waals surface area (Å²) in [6, 6.07) is 12.2. The first-order chi connectivity index (χ1) is 12.8. The average Bonchev–Trinajstić information content (AvgIpc) is 3.37. The highest BCUT2D eigenvalue weighted by Gasteiger charge is 2.26. The Balaban J connectivity index is 1.29. The number of carbonyl (C=O) groups excluding carboxylic acids is 1. The van der Waals surface area contributed by atoms with E-state index in [0.717, 1.165) is 49.7 Å². The molecule has 2 heterocycles. The summed E-state index contributed by atoms with van der Waals surface area (Å²) < 4.78 is 5.84. The maximum Gasteiger partial charge on any atom is 0.253 e. The Morgan fingerprint density at radius 2 is 2.00 bits per heavy atom. The molecule has 1 amide bonds. The number of piperidine rings is 1.